The molecule has 3 aromatic rings. The quantitative estimate of drug-likeness (QED) is 0.722. The molecular weight excluding hydrogens is 344 g/mol. The van der Waals surface area contributed by atoms with E-state index in [9.17, 15) is 0 Å². The van der Waals surface area contributed by atoms with E-state index in [4.69, 9.17) is 4.74 Å². The van der Waals surface area contributed by atoms with Crippen molar-refractivity contribution in [3.63, 3.8) is 0 Å². The highest BCUT2D eigenvalue weighted by Gasteiger charge is 2.13. The van der Waals surface area contributed by atoms with Gasteiger partial charge in [-0.25, -0.2) is 0 Å². The summed E-state index contributed by atoms with van der Waals surface area (Å²) in [5.41, 5.74) is 3.70. The molecule has 0 radical (unpaired) electrons. The fourth-order valence-corrected chi connectivity index (χ4v) is 3.64. The molecule has 1 N–H and O–H groups in total. The molecule has 0 amide bonds. The number of benzene rings is 2. The van der Waals surface area contributed by atoms with Gasteiger partial charge in [0.1, 0.15) is 0 Å². The molecule has 0 atom stereocenters. The molecule has 5 nitrogen and oxygen atoms in total. The lowest BCUT2D eigenvalue weighted by Gasteiger charge is -2.27. The van der Waals surface area contributed by atoms with Gasteiger partial charge in [0.25, 0.3) is 0 Å². The van der Waals surface area contributed by atoms with E-state index in [-0.39, 0.29) is 0 Å². The van der Waals surface area contributed by atoms with Crippen LogP contribution in [0, 0.1) is 0 Å². The van der Waals surface area contributed by atoms with Crippen LogP contribution in [0.4, 0.5) is 5.13 Å². The van der Waals surface area contributed by atoms with Crippen molar-refractivity contribution in [2.24, 2.45) is 0 Å². The largest absolute Gasteiger partial charge is 0.379 e. The van der Waals surface area contributed by atoms with Gasteiger partial charge in [0.05, 0.1) is 13.2 Å². The smallest absolute Gasteiger partial charge is 0.203 e. The van der Waals surface area contributed by atoms with E-state index < -0.39 is 0 Å². The highest BCUT2D eigenvalue weighted by atomic mass is 32.1. The Morgan fingerprint density at radius 1 is 0.962 bits per heavy atom. The van der Waals surface area contributed by atoms with Crippen molar-refractivity contribution in [1.29, 1.82) is 0 Å². The number of ether oxygens (including phenoxy) is 1. The maximum absolute atomic E-state index is 5.44. The highest BCUT2D eigenvalue weighted by molar-refractivity contribution is 7.09. The summed E-state index contributed by atoms with van der Waals surface area (Å²) in [5, 5.41) is 4.28. The van der Waals surface area contributed by atoms with Gasteiger partial charge in [0, 0.05) is 43.3 Å². The summed E-state index contributed by atoms with van der Waals surface area (Å²) in [4.78, 5) is 7.06. The number of hydrogen-bond acceptors (Lipinski definition) is 6. The maximum Gasteiger partial charge on any atom is 0.203 e. The SMILES string of the molecule is c1ccc(-c2nsc(NCc3ccccc3CN3CCOCC3)n2)cc1. The van der Waals surface area contributed by atoms with Crippen LogP contribution in [0.2, 0.25) is 0 Å². The molecular formula is C20H22N4OS. The molecule has 1 aliphatic rings. The molecule has 0 spiro atoms. The molecule has 1 aliphatic heterocycles. The molecule has 1 aromatic heterocycles. The topological polar surface area (TPSA) is 50.3 Å². The van der Waals surface area contributed by atoms with Gasteiger partial charge in [-0.3, -0.25) is 4.90 Å². The molecule has 134 valence electrons. The van der Waals surface area contributed by atoms with Crippen LogP contribution in [0.1, 0.15) is 11.1 Å². The average Bonchev–Trinajstić information content (AvgIpc) is 3.18. The Morgan fingerprint density at radius 2 is 1.69 bits per heavy atom. The van der Waals surface area contributed by atoms with Crippen LogP contribution in [0.15, 0.2) is 54.6 Å². The summed E-state index contributed by atoms with van der Waals surface area (Å²) in [6.45, 7) is 5.37. The van der Waals surface area contributed by atoms with E-state index in [1.165, 1.54) is 22.7 Å². The summed E-state index contributed by atoms with van der Waals surface area (Å²) in [6, 6.07) is 18.7. The van der Waals surface area contributed by atoms with Crippen LogP contribution < -0.4 is 5.32 Å². The summed E-state index contributed by atoms with van der Waals surface area (Å²) in [7, 11) is 0. The Balaban J connectivity index is 1.41. The van der Waals surface area contributed by atoms with Crippen molar-refractivity contribution >= 4 is 16.7 Å². The van der Waals surface area contributed by atoms with Gasteiger partial charge in [-0.1, -0.05) is 54.6 Å². The van der Waals surface area contributed by atoms with E-state index in [0.717, 1.165) is 55.9 Å². The van der Waals surface area contributed by atoms with E-state index in [2.05, 4.69) is 43.8 Å². The molecule has 2 aromatic carbocycles. The Morgan fingerprint density at radius 3 is 2.50 bits per heavy atom. The third-order valence-electron chi connectivity index (χ3n) is 4.50. The Bertz CT molecular complexity index is 831. The number of nitrogens with zero attached hydrogens (tertiary/aromatic N) is 3. The zero-order chi connectivity index (χ0) is 17.6. The lowest BCUT2D eigenvalue weighted by Crippen LogP contribution is -2.35. The van der Waals surface area contributed by atoms with E-state index in [1.807, 2.05) is 30.3 Å². The second-order valence-corrected chi connectivity index (χ2v) is 7.05. The van der Waals surface area contributed by atoms with Gasteiger partial charge in [-0.2, -0.15) is 9.36 Å². The molecule has 2 heterocycles. The molecule has 4 rings (SSSR count). The summed E-state index contributed by atoms with van der Waals surface area (Å²) in [5.74, 6) is 0.778. The van der Waals surface area contributed by atoms with Gasteiger partial charge < -0.3 is 10.1 Å². The lowest BCUT2D eigenvalue weighted by molar-refractivity contribution is 0.0341. The van der Waals surface area contributed by atoms with Gasteiger partial charge >= 0.3 is 0 Å². The zero-order valence-corrected chi connectivity index (χ0v) is 15.4. The Hall–Kier alpha value is -2.28. The van der Waals surface area contributed by atoms with E-state index in [0.29, 0.717) is 0 Å². The minimum Gasteiger partial charge on any atom is -0.379 e. The first kappa shape index (κ1) is 17.1. The fraction of sp³-hybridized carbons (Fsp3) is 0.300. The minimum atomic E-state index is 0.754. The first-order valence-corrected chi connectivity index (χ1v) is 9.66. The predicted octanol–water partition coefficient (Wildman–Crippen LogP) is 3.65. The molecule has 1 fully saturated rings. The van der Waals surface area contributed by atoms with Crippen LogP contribution in [0.25, 0.3) is 11.4 Å². The zero-order valence-electron chi connectivity index (χ0n) is 14.6. The number of anilines is 1. The molecule has 0 saturated carbocycles. The van der Waals surface area contributed by atoms with E-state index >= 15 is 0 Å². The molecule has 0 aliphatic carbocycles. The third-order valence-corrected chi connectivity index (χ3v) is 5.18. The Kier molecular flexibility index (Phi) is 5.54. The van der Waals surface area contributed by atoms with Crippen LogP contribution in [-0.4, -0.2) is 40.6 Å². The number of rotatable bonds is 6. The van der Waals surface area contributed by atoms with Crippen molar-refractivity contribution in [3.8, 4) is 11.4 Å². The van der Waals surface area contributed by atoms with Crippen LogP contribution >= 0.6 is 11.5 Å². The number of morpholine rings is 1. The monoisotopic (exact) mass is 366 g/mol. The number of hydrogen-bond donors (Lipinski definition) is 1. The first-order valence-electron chi connectivity index (χ1n) is 8.88. The highest BCUT2D eigenvalue weighted by Crippen LogP contribution is 2.22. The first-order chi connectivity index (χ1) is 12.9. The van der Waals surface area contributed by atoms with Gasteiger partial charge in [0.2, 0.25) is 5.13 Å². The standard InChI is InChI=1S/C20H22N4OS/c1-2-6-16(7-3-1)19-22-20(26-23-19)21-14-17-8-4-5-9-18(17)15-24-10-12-25-13-11-24/h1-9H,10-15H2,(H,21,22,23). The van der Waals surface area contributed by atoms with Crippen LogP contribution in [0.3, 0.4) is 0 Å². The second-order valence-electron chi connectivity index (χ2n) is 6.30. The van der Waals surface area contributed by atoms with Gasteiger partial charge in [0.15, 0.2) is 5.82 Å². The van der Waals surface area contributed by atoms with Crippen molar-refractivity contribution in [1.82, 2.24) is 14.3 Å². The van der Waals surface area contributed by atoms with E-state index in [1.54, 1.807) is 0 Å². The molecule has 6 heteroatoms. The van der Waals surface area contributed by atoms with Crippen molar-refractivity contribution in [2.45, 2.75) is 13.1 Å². The van der Waals surface area contributed by atoms with Crippen molar-refractivity contribution in [2.75, 3.05) is 31.6 Å². The van der Waals surface area contributed by atoms with Crippen molar-refractivity contribution in [3.05, 3.63) is 65.7 Å². The number of nitrogens with one attached hydrogen (secondary N) is 1. The predicted molar refractivity (Wildman–Crippen MR) is 105 cm³/mol. The van der Waals surface area contributed by atoms with Crippen LogP contribution in [-0.2, 0) is 17.8 Å². The third kappa shape index (κ3) is 4.27. The second kappa shape index (κ2) is 8.40. The summed E-state index contributed by atoms with van der Waals surface area (Å²) >= 11 is 1.41. The lowest BCUT2D eigenvalue weighted by atomic mass is 10.1. The van der Waals surface area contributed by atoms with Crippen LogP contribution in [0.5, 0.6) is 0 Å². The normalized spacial score (nSPS) is 15.1. The number of aromatic nitrogens is 2. The molecule has 0 bridgehead atoms. The minimum absolute atomic E-state index is 0.754. The van der Waals surface area contributed by atoms with Crippen molar-refractivity contribution < 1.29 is 4.74 Å². The Labute approximate surface area is 157 Å². The maximum atomic E-state index is 5.44. The van der Waals surface area contributed by atoms with Gasteiger partial charge in [-0.15, -0.1) is 0 Å². The van der Waals surface area contributed by atoms with Gasteiger partial charge in [-0.05, 0) is 11.1 Å². The molecule has 0 unspecified atom stereocenters. The summed E-state index contributed by atoms with van der Waals surface area (Å²) in [6.07, 6.45) is 0. The molecule has 26 heavy (non-hydrogen) atoms. The molecule has 1 saturated heterocycles. The average molecular weight is 366 g/mol. The fourth-order valence-electron chi connectivity index (χ4n) is 3.05. The summed E-state index contributed by atoms with van der Waals surface area (Å²) < 4.78 is 9.90.